The number of carbonyl (C=O) groups is 1. The largest absolute Gasteiger partial charge is 0.435 e. The third kappa shape index (κ3) is 9.13. The topological polar surface area (TPSA) is 163 Å². The summed E-state index contributed by atoms with van der Waals surface area (Å²) in [4.78, 5) is 30.4. The second kappa shape index (κ2) is 18.0. The van der Waals surface area contributed by atoms with Gasteiger partial charge in [-0.05, 0) is 129 Å². The Bertz CT molecular complexity index is 2720. The van der Waals surface area contributed by atoms with Gasteiger partial charge >= 0.3 is 23.1 Å². The third-order valence-electron chi connectivity index (χ3n) is 8.41. The molecule has 8 rings (SSSR count). The van der Waals surface area contributed by atoms with Gasteiger partial charge in [0.2, 0.25) is 11.8 Å². The van der Waals surface area contributed by atoms with E-state index in [1.165, 1.54) is 5.56 Å². The Morgan fingerprint density at radius 3 is 1.48 bits per heavy atom. The summed E-state index contributed by atoms with van der Waals surface area (Å²) in [6.07, 6.45) is 1.68. The van der Waals surface area contributed by atoms with Crippen molar-refractivity contribution in [2.75, 3.05) is 0 Å². The van der Waals surface area contributed by atoms with Crippen molar-refractivity contribution in [3.8, 4) is 23.2 Å². The molecule has 11 nitrogen and oxygen atoms in total. The number of oxazole rings is 2. The average Bonchev–Trinajstić information content (AvgIpc) is 3.78. The number of pyridine rings is 2. The Morgan fingerprint density at radius 1 is 0.593 bits per heavy atom. The van der Waals surface area contributed by atoms with Crippen molar-refractivity contribution >= 4 is 88.9 Å². The van der Waals surface area contributed by atoms with Gasteiger partial charge in [0.25, 0.3) is 0 Å². The summed E-state index contributed by atoms with van der Waals surface area (Å²) in [7, 11) is 0. The maximum absolute atomic E-state index is 11.6. The zero-order valence-electron chi connectivity index (χ0n) is 29.8. The maximum Gasteiger partial charge on any atom is 0.335 e. The lowest BCUT2D eigenvalue weighted by molar-refractivity contribution is 0.101. The number of benzene rings is 4. The second-order valence-electron chi connectivity index (χ2n) is 12.1. The predicted octanol–water partition coefficient (Wildman–Crippen LogP) is 9.45. The molecule has 0 bridgehead atoms. The van der Waals surface area contributed by atoms with Crippen molar-refractivity contribution in [2.45, 2.75) is 47.5 Å². The fourth-order valence-corrected chi connectivity index (χ4v) is 6.20. The molecule has 4 aromatic carbocycles. The lowest BCUT2D eigenvalue weighted by Gasteiger charge is -2.07. The van der Waals surface area contributed by atoms with Gasteiger partial charge in [0.1, 0.15) is 22.4 Å². The molecular formula is C40H33BrN4O7S2. The highest BCUT2D eigenvalue weighted by Gasteiger charge is 2.17. The third-order valence-corrected chi connectivity index (χ3v) is 8.90. The van der Waals surface area contributed by atoms with Gasteiger partial charge in [-0.15, -0.1) is 0 Å². The molecule has 0 atom stereocenters. The monoisotopic (exact) mass is 824 g/mol. The van der Waals surface area contributed by atoms with Crippen LogP contribution in [0, 0.1) is 13.8 Å². The van der Waals surface area contributed by atoms with Gasteiger partial charge in [0, 0.05) is 20.8 Å². The number of carbonyl (C=O) groups excluding carboxylic acids is 1. The molecule has 0 unspecified atom stereocenters. The Hall–Kier alpha value is -5.57. The smallest absolute Gasteiger partial charge is 0.335 e. The second-order valence-corrected chi connectivity index (χ2v) is 13.3. The van der Waals surface area contributed by atoms with Crippen molar-refractivity contribution in [1.29, 1.82) is 0 Å². The zero-order valence-corrected chi connectivity index (χ0v) is 33.1. The van der Waals surface area contributed by atoms with E-state index in [4.69, 9.17) is 35.6 Å². The fourth-order valence-electron chi connectivity index (χ4n) is 5.82. The van der Waals surface area contributed by atoms with Crippen molar-refractivity contribution in [1.82, 2.24) is 19.9 Å². The molecule has 0 fully saturated rings. The zero-order chi connectivity index (χ0) is 38.9. The van der Waals surface area contributed by atoms with E-state index in [1.807, 2.05) is 73.7 Å². The molecular weight excluding hydrogens is 792 g/mol. The first-order valence-electron chi connectivity index (χ1n) is 16.6. The minimum atomic E-state index is -0.750. The lowest BCUT2D eigenvalue weighted by atomic mass is 10.0. The van der Waals surface area contributed by atoms with E-state index in [0.29, 0.717) is 17.3 Å². The Morgan fingerprint density at radius 2 is 1.04 bits per heavy atom. The number of aromatic nitrogens is 4. The van der Waals surface area contributed by atoms with E-state index in [1.54, 1.807) is 6.92 Å². The van der Waals surface area contributed by atoms with E-state index in [9.17, 15) is 4.79 Å². The van der Waals surface area contributed by atoms with Gasteiger partial charge in [-0.2, -0.15) is 16.8 Å². The van der Waals surface area contributed by atoms with E-state index in [-0.39, 0.29) is 5.78 Å². The molecule has 0 radical (unpaired) electrons. The molecule has 274 valence electrons. The van der Waals surface area contributed by atoms with Gasteiger partial charge in [-0.3, -0.25) is 4.79 Å². The van der Waals surface area contributed by atoms with Crippen LogP contribution in [0.25, 0.3) is 67.2 Å². The van der Waals surface area contributed by atoms with Crippen LogP contribution in [0.4, 0.5) is 0 Å². The minimum absolute atomic E-state index is 0.0540. The van der Waals surface area contributed by atoms with Gasteiger partial charge < -0.3 is 8.83 Å². The molecule has 0 saturated heterocycles. The summed E-state index contributed by atoms with van der Waals surface area (Å²) >= 11 is 2.01. The van der Waals surface area contributed by atoms with Gasteiger partial charge in [0.05, 0.1) is 11.0 Å². The van der Waals surface area contributed by atoms with Crippen molar-refractivity contribution < 1.29 is 30.5 Å². The first-order valence-corrected chi connectivity index (χ1v) is 18.8. The van der Waals surface area contributed by atoms with Crippen molar-refractivity contribution in [3.05, 3.63) is 117 Å². The van der Waals surface area contributed by atoms with Crippen LogP contribution in [0.1, 0.15) is 53.4 Å². The standard InChI is InChI=1S/C21H18N2O2.C19H15BrN2O.2O2S/c1-4-14-10-16-11-15(13(3)24)6-7-17(16)22-20(14)21-23-18-9-12(2)5-8-19(18)25-21;1-3-12-9-13-10-14(20)5-6-15(13)21-18(12)19-22-16-8-11(2)4-7-17(16)23-19;2*1-3-2/h5-11H,4H2,1-3H3;4-10H,3H2,1-2H3;;. The molecule has 4 heterocycles. The Kier molecular flexibility index (Phi) is 13.2. The van der Waals surface area contributed by atoms with Crippen LogP contribution in [-0.4, -0.2) is 42.6 Å². The number of Topliss-reactive ketones (excluding diaryl/α,β-unsaturated/α-hetero) is 1. The first kappa shape index (κ1) is 39.6. The van der Waals surface area contributed by atoms with Crippen molar-refractivity contribution in [3.63, 3.8) is 0 Å². The number of nitrogens with zero attached hydrogens (tertiary/aromatic N) is 4. The highest BCUT2D eigenvalue weighted by Crippen LogP contribution is 2.31. The number of hydrogen-bond acceptors (Lipinski definition) is 11. The molecule has 4 aromatic heterocycles. The molecule has 0 aliphatic rings. The molecule has 0 aliphatic heterocycles. The number of aryl methyl sites for hydroxylation is 4. The SMILES string of the molecule is CCc1cc2cc(Br)ccc2nc1-c1nc2cc(C)ccc2o1.CCc1cc2cc(C(C)=O)ccc2nc1-c1nc2cc(C)ccc2o1.O=S=O.O=S=O. The maximum atomic E-state index is 11.6. The van der Waals surface area contributed by atoms with Crippen LogP contribution in [-0.2, 0) is 36.0 Å². The van der Waals surface area contributed by atoms with Crippen molar-refractivity contribution in [2.24, 2.45) is 0 Å². The Balaban J connectivity index is 0.000000182. The number of fused-ring (bicyclic) bond motifs is 4. The summed E-state index contributed by atoms with van der Waals surface area (Å²) < 4.78 is 46.1. The number of ketones is 1. The lowest BCUT2D eigenvalue weighted by Crippen LogP contribution is -1.96. The minimum Gasteiger partial charge on any atom is -0.435 e. The summed E-state index contributed by atoms with van der Waals surface area (Å²) in [6, 6.07) is 27.9. The average molecular weight is 826 g/mol. The summed E-state index contributed by atoms with van der Waals surface area (Å²) in [5.41, 5.74) is 11.8. The fraction of sp³-hybridized carbons (Fsp3) is 0.175. The molecule has 14 heteroatoms. The number of halogens is 1. The molecule has 54 heavy (non-hydrogen) atoms. The first-order chi connectivity index (χ1) is 26.0. The van der Waals surface area contributed by atoms with Gasteiger partial charge in [0.15, 0.2) is 16.9 Å². The Labute approximate surface area is 325 Å². The van der Waals surface area contributed by atoms with Crippen LogP contribution in [0.15, 0.2) is 98.2 Å². The van der Waals surface area contributed by atoms with Gasteiger partial charge in [-0.25, -0.2) is 19.9 Å². The normalized spacial score (nSPS) is 10.6. The van der Waals surface area contributed by atoms with Crippen LogP contribution < -0.4 is 0 Å². The number of hydrogen-bond donors (Lipinski definition) is 0. The molecule has 0 saturated carbocycles. The molecule has 0 N–H and O–H groups in total. The molecule has 0 amide bonds. The highest BCUT2D eigenvalue weighted by molar-refractivity contribution is 9.10. The van der Waals surface area contributed by atoms with E-state index in [2.05, 4.69) is 64.9 Å². The van der Waals surface area contributed by atoms with E-state index >= 15 is 0 Å². The highest BCUT2D eigenvalue weighted by atomic mass is 79.9. The quantitative estimate of drug-likeness (QED) is 0.152. The van der Waals surface area contributed by atoms with E-state index in [0.717, 1.165) is 89.4 Å². The van der Waals surface area contributed by atoms with Crippen LogP contribution >= 0.6 is 15.9 Å². The summed E-state index contributed by atoms with van der Waals surface area (Å²) in [6.45, 7) is 9.86. The van der Waals surface area contributed by atoms with E-state index < -0.39 is 23.1 Å². The molecule has 8 aromatic rings. The van der Waals surface area contributed by atoms with Gasteiger partial charge in [-0.1, -0.05) is 41.9 Å². The van der Waals surface area contributed by atoms with Crippen LogP contribution in [0.2, 0.25) is 0 Å². The van der Waals surface area contributed by atoms with Crippen LogP contribution in [0.3, 0.4) is 0 Å². The summed E-state index contributed by atoms with van der Waals surface area (Å²) in [5, 5.41) is 2.08. The predicted molar refractivity (Wildman–Crippen MR) is 213 cm³/mol. The summed E-state index contributed by atoms with van der Waals surface area (Å²) in [5.74, 6) is 1.18. The van der Waals surface area contributed by atoms with Crippen LogP contribution in [0.5, 0.6) is 0 Å². The number of rotatable bonds is 5. The molecule has 0 spiro atoms. The molecule has 0 aliphatic carbocycles.